The van der Waals surface area contributed by atoms with Gasteiger partial charge in [0.05, 0.1) is 0 Å². The van der Waals surface area contributed by atoms with E-state index in [4.69, 9.17) is 0 Å². The second-order valence-electron chi connectivity index (χ2n) is 5.38. The van der Waals surface area contributed by atoms with Gasteiger partial charge in [0, 0.05) is 0 Å². The molecule has 0 bridgehead atoms. The largest absolute Gasteiger partial charge is 0.0587 e. The Morgan fingerprint density at radius 3 is 2.00 bits per heavy atom. The van der Waals surface area contributed by atoms with Crippen molar-refractivity contribution in [3.05, 3.63) is 71.3 Å². The highest BCUT2D eigenvalue weighted by Crippen LogP contribution is 2.27. The summed E-state index contributed by atoms with van der Waals surface area (Å²) in [6.07, 6.45) is 0. The molecule has 0 radical (unpaired) electrons. The van der Waals surface area contributed by atoms with Crippen LogP contribution >= 0.6 is 0 Å². The maximum atomic E-state index is 2.29. The smallest absolute Gasteiger partial charge is 0.0154 e. The molecule has 0 aliphatic rings. The van der Waals surface area contributed by atoms with Gasteiger partial charge in [-0.15, -0.1) is 0 Å². The van der Waals surface area contributed by atoms with Crippen LogP contribution in [0.25, 0.3) is 21.9 Å². The number of hydrogen-bond donors (Lipinski definition) is 0. The van der Waals surface area contributed by atoms with Gasteiger partial charge in [0.1, 0.15) is 0 Å². The van der Waals surface area contributed by atoms with Crippen molar-refractivity contribution in [1.29, 1.82) is 0 Å². The predicted molar refractivity (Wildman–Crippen MR) is 83.6 cm³/mol. The second kappa shape index (κ2) is 4.55. The van der Waals surface area contributed by atoms with Crippen molar-refractivity contribution < 1.29 is 0 Å². The van der Waals surface area contributed by atoms with Crippen LogP contribution in [-0.4, -0.2) is 0 Å². The molecule has 3 rings (SSSR count). The molecule has 0 aromatic heterocycles. The summed E-state index contributed by atoms with van der Waals surface area (Å²) in [4.78, 5) is 0. The Labute approximate surface area is 114 Å². The van der Waals surface area contributed by atoms with E-state index in [0.29, 0.717) is 0 Å². The fraction of sp³-hybridized carbons (Fsp3) is 0.158. The van der Waals surface area contributed by atoms with E-state index in [9.17, 15) is 0 Å². The topological polar surface area (TPSA) is 0 Å². The molecule has 0 saturated heterocycles. The molecule has 0 aliphatic heterocycles. The zero-order valence-electron chi connectivity index (χ0n) is 11.7. The summed E-state index contributed by atoms with van der Waals surface area (Å²) in [7, 11) is 0. The van der Waals surface area contributed by atoms with Gasteiger partial charge in [0.25, 0.3) is 0 Å². The van der Waals surface area contributed by atoms with E-state index >= 15 is 0 Å². The summed E-state index contributed by atoms with van der Waals surface area (Å²) in [6, 6.07) is 20.0. The summed E-state index contributed by atoms with van der Waals surface area (Å²) in [5.41, 5.74) is 6.55. The van der Waals surface area contributed by atoms with Crippen molar-refractivity contribution in [2.45, 2.75) is 20.8 Å². The highest BCUT2D eigenvalue weighted by molar-refractivity contribution is 5.90. The monoisotopic (exact) mass is 246 g/mol. The minimum atomic E-state index is 1.28. The first-order valence-electron chi connectivity index (χ1n) is 6.71. The maximum Gasteiger partial charge on any atom is -0.0154 e. The Bertz CT molecular complexity index is 734. The van der Waals surface area contributed by atoms with Crippen LogP contribution in [0.5, 0.6) is 0 Å². The van der Waals surface area contributed by atoms with Gasteiger partial charge in [-0.25, -0.2) is 0 Å². The van der Waals surface area contributed by atoms with Crippen molar-refractivity contribution in [3.63, 3.8) is 0 Å². The first-order valence-corrected chi connectivity index (χ1v) is 6.71. The van der Waals surface area contributed by atoms with Gasteiger partial charge in [-0.1, -0.05) is 59.7 Å². The van der Waals surface area contributed by atoms with Gasteiger partial charge in [0.15, 0.2) is 0 Å². The molecule has 0 heterocycles. The van der Waals surface area contributed by atoms with E-state index in [1.807, 2.05) is 0 Å². The zero-order chi connectivity index (χ0) is 13.4. The average molecular weight is 246 g/mol. The molecule has 19 heavy (non-hydrogen) atoms. The first kappa shape index (κ1) is 12.0. The third kappa shape index (κ3) is 2.26. The van der Waals surface area contributed by atoms with E-state index < -0.39 is 0 Å². The van der Waals surface area contributed by atoms with E-state index in [2.05, 4.69) is 75.4 Å². The van der Waals surface area contributed by atoms with E-state index in [1.165, 1.54) is 38.6 Å². The number of rotatable bonds is 1. The lowest BCUT2D eigenvalue weighted by Gasteiger charge is -2.08. The first-order chi connectivity index (χ1) is 9.13. The molecular formula is C19H18. The minimum Gasteiger partial charge on any atom is -0.0587 e. The number of fused-ring (bicyclic) bond motifs is 1. The molecule has 3 aromatic rings. The van der Waals surface area contributed by atoms with Crippen LogP contribution in [0.1, 0.15) is 16.7 Å². The SMILES string of the molecule is Cc1ccc(-c2ccc3c(C)cc(C)cc3c2)cc1. The van der Waals surface area contributed by atoms with Gasteiger partial charge >= 0.3 is 0 Å². The summed E-state index contributed by atoms with van der Waals surface area (Å²) >= 11 is 0. The maximum absolute atomic E-state index is 2.29. The molecule has 0 N–H and O–H groups in total. The molecule has 0 spiro atoms. The molecule has 0 amide bonds. The Morgan fingerprint density at radius 2 is 1.26 bits per heavy atom. The van der Waals surface area contributed by atoms with E-state index in [0.717, 1.165) is 0 Å². The van der Waals surface area contributed by atoms with Crippen molar-refractivity contribution in [1.82, 2.24) is 0 Å². The molecule has 0 unspecified atom stereocenters. The van der Waals surface area contributed by atoms with Crippen LogP contribution in [0.4, 0.5) is 0 Å². The van der Waals surface area contributed by atoms with Crippen molar-refractivity contribution in [2.24, 2.45) is 0 Å². The lowest BCUT2D eigenvalue weighted by molar-refractivity contribution is 1.43. The van der Waals surface area contributed by atoms with Crippen LogP contribution in [0, 0.1) is 20.8 Å². The van der Waals surface area contributed by atoms with Crippen LogP contribution in [0.2, 0.25) is 0 Å². The highest BCUT2D eigenvalue weighted by atomic mass is 14.1. The molecule has 0 aliphatic carbocycles. The molecule has 0 heteroatoms. The van der Waals surface area contributed by atoms with Crippen LogP contribution in [-0.2, 0) is 0 Å². The lowest BCUT2D eigenvalue weighted by Crippen LogP contribution is -1.84. The molecule has 0 fully saturated rings. The molecule has 0 atom stereocenters. The average Bonchev–Trinajstić information content (AvgIpc) is 2.38. The van der Waals surface area contributed by atoms with Crippen molar-refractivity contribution >= 4 is 10.8 Å². The Balaban J connectivity index is 2.18. The fourth-order valence-corrected chi connectivity index (χ4v) is 2.67. The zero-order valence-corrected chi connectivity index (χ0v) is 11.7. The fourth-order valence-electron chi connectivity index (χ4n) is 2.67. The van der Waals surface area contributed by atoms with Gasteiger partial charge in [-0.05, 0) is 54.3 Å². The predicted octanol–water partition coefficient (Wildman–Crippen LogP) is 5.43. The summed E-state index contributed by atoms with van der Waals surface area (Å²) < 4.78 is 0. The lowest BCUT2D eigenvalue weighted by atomic mass is 9.97. The number of benzene rings is 3. The van der Waals surface area contributed by atoms with Gasteiger partial charge < -0.3 is 0 Å². The van der Waals surface area contributed by atoms with Gasteiger partial charge in [0.2, 0.25) is 0 Å². The van der Waals surface area contributed by atoms with Crippen LogP contribution in [0.3, 0.4) is 0 Å². The Kier molecular flexibility index (Phi) is 2.87. The minimum absolute atomic E-state index is 1.28. The second-order valence-corrected chi connectivity index (χ2v) is 5.38. The Hall–Kier alpha value is -2.08. The molecule has 0 nitrogen and oxygen atoms in total. The van der Waals surface area contributed by atoms with Crippen LogP contribution < -0.4 is 0 Å². The number of hydrogen-bond acceptors (Lipinski definition) is 0. The molecule has 0 saturated carbocycles. The quantitative estimate of drug-likeness (QED) is 0.537. The highest BCUT2D eigenvalue weighted by Gasteiger charge is 2.02. The van der Waals surface area contributed by atoms with Gasteiger partial charge in [-0.3, -0.25) is 0 Å². The molecule has 94 valence electrons. The molecular weight excluding hydrogens is 228 g/mol. The van der Waals surface area contributed by atoms with Crippen molar-refractivity contribution in [2.75, 3.05) is 0 Å². The third-order valence-electron chi connectivity index (χ3n) is 3.69. The standard InChI is InChI=1S/C19H18/c1-13-4-6-16(7-5-13)17-8-9-19-15(3)10-14(2)11-18(19)12-17/h4-12H,1-3H3. The summed E-state index contributed by atoms with van der Waals surface area (Å²) in [5, 5.41) is 2.68. The normalized spacial score (nSPS) is 10.9. The van der Waals surface area contributed by atoms with Crippen LogP contribution in [0.15, 0.2) is 54.6 Å². The van der Waals surface area contributed by atoms with E-state index in [-0.39, 0.29) is 0 Å². The van der Waals surface area contributed by atoms with Gasteiger partial charge in [-0.2, -0.15) is 0 Å². The summed E-state index contributed by atoms with van der Waals surface area (Å²) in [6.45, 7) is 6.46. The third-order valence-corrected chi connectivity index (χ3v) is 3.69. The Morgan fingerprint density at radius 1 is 0.579 bits per heavy atom. The van der Waals surface area contributed by atoms with Crippen molar-refractivity contribution in [3.8, 4) is 11.1 Å². The van der Waals surface area contributed by atoms with E-state index in [1.54, 1.807) is 0 Å². The summed E-state index contributed by atoms with van der Waals surface area (Å²) in [5.74, 6) is 0. The molecule has 3 aromatic carbocycles. The number of aryl methyl sites for hydroxylation is 3.